The Bertz CT molecular complexity index is 1130. The lowest BCUT2D eigenvalue weighted by Gasteiger charge is -2.24. The van der Waals surface area contributed by atoms with E-state index in [1.807, 2.05) is 6.92 Å². The highest BCUT2D eigenvalue weighted by molar-refractivity contribution is 5.89. The molecule has 2 N–H and O–H groups in total. The van der Waals surface area contributed by atoms with Crippen molar-refractivity contribution in [1.82, 2.24) is 10.6 Å². The first-order valence-electron chi connectivity index (χ1n) is 26.2. The predicted octanol–water partition coefficient (Wildman–Crippen LogP) is 13.7. The molecule has 2 amide bonds. The van der Waals surface area contributed by atoms with Gasteiger partial charge >= 0.3 is 24.0 Å². The topological polar surface area (TPSA) is 146 Å². The van der Waals surface area contributed by atoms with Crippen LogP contribution in [-0.4, -0.2) is 67.4 Å². The van der Waals surface area contributed by atoms with E-state index < -0.39 is 48.1 Å². The van der Waals surface area contributed by atoms with Crippen molar-refractivity contribution in [1.29, 1.82) is 0 Å². The standard InChI is InChI=1S/C52H98N2O9/c1-7-10-13-15-17-19-21-23-25-27-29-31-33-35-37-39-47(55)61-44-45(62-48(56)40-38-36-34-32-30-28-26-24-22-20-18-16-14-11-8-2)43-53-50(58)46(42-49(57)60-41-12-9-3)54-51(59)63-52(4,5)6/h45-46H,7-44H2,1-6H3,(H,53,58)(H,54,59). The van der Waals surface area contributed by atoms with Crippen molar-refractivity contribution in [2.24, 2.45) is 0 Å². The van der Waals surface area contributed by atoms with E-state index in [2.05, 4.69) is 24.5 Å². The molecule has 0 bridgehead atoms. The van der Waals surface area contributed by atoms with Crippen LogP contribution in [0.1, 0.15) is 266 Å². The molecule has 0 aliphatic rings. The van der Waals surface area contributed by atoms with Crippen LogP contribution >= 0.6 is 0 Å². The first kappa shape index (κ1) is 60.2. The molecule has 0 radical (unpaired) electrons. The molecule has 0 saturated carbocycles. The molecular formula is C52H98N2O9. The molecule has 0 saturated heterocycles. The van der Waals surface area contributed by atoms with Crippen LogP contribution in [0, 0.1) is 0 Å². The minimum Gasteiger partial charge on any atom is -0.466 e. The van der Waals surface area contributed by atoms with Crippen LogP contribution < -0.4 is 10.6 Å². The van der Waals surface area contributed by atoms with Gasteiger partial charge in [-0.2, -0.15) is 0 Å². The summed E-state index contributed by atoms with van der Waals surface area (Å²) in [6.07, 6.45) is 36.8. The molecular weight excluding hydrogens is 797 g/mol. The van der Waals surface area contributed by atoms with Gasteiger partial charge in [0.15, 0.2) is 6.10 Å². The van der Waals surface area contributed by atoms with E-state index in [9.17, 15) is 24.0 Å². The van der Waals surface area contributed by atoms with E-state index in [-0.39, 0.29) is 38.6 Å². The van der Waals surface area contributed by atoms with E-state index >= 15 is 0 Å². The van der Waals surface area contributed by atoms with Crippen LogP contribution in [0.2, 0.25) is 0 Å². The Balaban J connectivity index is 4.91. The van der Waals surface area contributed by atoms with Gasteiger partial charge in [0.1, 0.15) is 18.2 Å². The maximum atomic E-state index is 13.4. The SMILES string of the molecule is CCCCCCCCCCCCCCCCCC(=O)OCC(CNC(=O)C(CC(=O)OCCCC)NC(=O)OC(C)(C)C)OC(=O)CCCCCCCCCCCCCCCCC. The Morgan fingerprint density at radius 3 is 1.24 bits per heavy atom. The number of unbranched alkanes of at least 4 members (excludes halogenated alkanes) is 29. The van der Waals surface area contributed by atoms with Crippen molar-refractivity contribution in [2.75, 3.05) is 19.8 Å². The van der Waals surface area contributed by atoms with Crippen LogP contribution in [0.3, 0.4) is 0 Å². The number of ether oxygens (including phenoxy) is 4. The second kappa shape index (κ2) is 43.1. The summed E-state index contributed by atoms with van der Waals surface area (Å²) in [6.45, 7) is 11.4. The maximum Gasteiger partial charge on any atom is 0.408 e. The zero-order valence-electron chi connectivity index (χ0n) is 41.7. The molecule has 2 atom stereocenters. The number of carbonyl (C=O) groups is 5. The Kier molecular flexibility index (Phi) is 41.1. The Morgan fingerprint density at radius 2 is 0.841 bits per heavy atom. The fraction of sp³-hybridized carbons (Fsp3) is 0.904. The van der Waals surface area contributed by atoms with E-state index in [1.54, 1.807) is 20.8 Å². The highest BCUT2D eigenvalue weighted by atomic mass is 16.6. The largest absolute Gasteiger partial charge is 0.466 e. The Labute approximate surface area is 386 Å². The van der Waals surface area contributed by atoms with E-state index in [4.69, 9.17) is 18.9 Å². The van der Waals surface area contributed by atoms with Gasteiger partial charge in [0.05, 0.1) is 19.6 Å². The molecule has 2 unspecified atom stereocenters. The van der Waals surface area contributed by atoms with Gasteiger partial charge < -0.3 is 29.6 Å². The first-order chi connectivity index (χ1) is 30.4. The molecule has 0 aliphatic heterocycles. The molecule has 0 fully saturated rings. The average Bonchev–Trinajstić information content (AvgIpc) is 3.23. The first-order valence-corrected chi connectivity index (χ1v) is 26.2. The number of hydrogen-bond acceptors (Lipinski definition) is 9. The lowest BCUT2D eigenvalue weighted by atomic mass is 10.0. The normalized spacial score (nSPS) is 12.3. The monoisotopic (exact) mass is 895 g/mol. The number of esters is 3. The van der Waals surface area contributed by atoms with Gasteiger partial charge in [-0.1, -0.05) is 207 Å². The molecule has 0 rings (SSSR count). The van der Waals surface area contributed by atoms with Crippen molar-refractivity contribution >= 4 is 29.9 Å². The molecule has 11 nitrogen and oxygen atoms in total. The molecule has 11 heteroatoms. The number of hydrogen-bond donors (Lipinski definition) is 2. The third kappa shape index (κ3) is 42.8. The van der Waals surface area contributed by atoms with Crippen LogP contribution in [0.25, 0.3) is 0 Å². The molecule has 63 heavy (non-hydrogen) atoms. The minimum absolute atomic E-state index is 0.174. The number of rotatable bonds is 44. The number of alkyl carbamates (subject to hydrolysis) is 1. The molecule has 0 aromatic heterocycles. The number of amides is 2. The number of carbonyl (C=O) groups excluding carboxylic acids is 5. The quantitative estimate of drug-likeness (QED) is 0.0347. The fourth-order valence-electron chi connectivity index (χ4n) is 7.47. The zero-order chi connectivity index (χ0) is 46.7. The van der Waals surface area contributed by atoms with Crippen molar-refractivity contribution < 1.29 is 42.9 Å². The third-order valence-corrected chi connectivity index (χ3v) is 11.3. The lowest BCUT2D eigenvalue weighted by molar-refractivity contribution is -0.159. The van der Waals surface area contributed by atoms with E-state index in [1.165, 1.54) is 148 Å². The van der Waals surface area contributed by atoms with Crippen LogP contribution in [0.15, 0.2) is 0 Å². The van der Waals surface area contributed by atoms with Gasteiger partial charge in [0.2, 0.25) is 5.91 Å². The third-order valence-electron chi connectivity index (χ3n) is 11.3. The maximum absolute atomic E-state index is 13.4. The summed E-state index contributed by atoms with van der Waals surface area (Å²) < 4.78 is 21.9. The van der Waals surface area contributed by atoms with E-state index in [0.29, 0.717) is 12.8 Å². The van der Waals surface area contributed by atoms with Gasteiger partial charge in [-0.3, -0.25) is 19.2 Å². The minimum atomic E-state index is -1.29. The Hall–Kier alpha value is -2.85. The molecule has 0 spiro atoms. The smallest absolute Gasteiger partial charge is 0.408 e. The summed E-state index contributed by atoms with van der Waals surface area (Å²) in [7, 11) is 0. The van der Waals surface area contributed by atoms with Crippen molar-refractivity contribution in [2.45, 2.75) is 284 Å². The van der Waals surface area contributed by atoms with Gasteiger partial charge in [-0.15, -0.1) is 0 Å². The highest BCUT2D eigenvalue weighted by Gasteiger charge is 2.28. The van der Waals surface area contributed by atoms with Crippen molar-refractivity contribution in [3.63, 3.8) is 0 Å². The molecule has 0 aromatic carbocycles. The summed E-state index contributed by atoms with van der Waals surface area (Å²) in [5.41, 5.74) is -0.824. The van der Waals surface area contributed by atoms with Crippen LogP contribution in [0.5, 0.6) is 0 Å². The second-order valence-electron chi connectivity index (χ2n) is 18.9. The summed E-state index contributed by atoms with van der Waals surface area (Å²) in [6, 6.07) is -1.29. The summed E-state index contributed by atoms with van der Waals surface area (Å²) in [4.78, 5) is 64.3. The average molecular weight is 895 g/mol. The molecule has 0 aliphatic carbocycles. The fourth-order valence-corrected chi connectivity index (χ4v) is 7.47. The second-order valence-corrected chi connectivity index (χ2v) is 18.9. The molecule has 0 aromatic rings. The summed E-state index contributed by atoms with van der Waals surface area (Å²) in [5, 5.41) is 5.16. The van der Waals surface area contributed by atoms with Crippen molar-refractivity contribution in [3.8, 4) is 0 Å². The molecule has 0 heterocycles. The van der Waals surface area contributed by atoms with Gasteiger partial charge in [-0.25, -0.2) is 4.79 Å². The Morgan fingerprint density at radius 1 is 0.460 bits per heavy atom. The summed E-state index contributed by atoms with van der Waals surface area (Å²) in [5.74, 6) is -2.12. The molecule has 370 valence electrons. The van der Waals surface area contributed by atoms with Crippen molar-refractivity contribution in [3.05, 3.63) is 0 Å². The lowest BCUT2D eigenvalue weighted by Crippen LogP contribution is -2.51. The van der Waals surface area contributed by atoms with Gasteiger partial charge in [-0.05, 0) is 40.0 Å². The van der Waals surface area contributed by atoms with E-state index in [0.717, 1.165) is 44.9 Å². The summed E-state index contributed by atoms with van der Waals surface area (Å²) >= 11 is 0. The zero-order valence-corrected chi connectivity index (χ0v) is 41.7. The van der Waals surface area contributed by atoms with Crippen LogP contribution in [-0.2, 0) is 38.1 Å². The van der Waals surface area contributed by atoms with Gasteiger partial charge in [0.25, 0.3) is 0 Å². The van der Waals surface area contributed by atoms with Gasteiger partial charge in [0, 0.05) is 12.8 Å². The predicted molar refractivity (Wildman–Crippen MR) is 257 cm³/mol. The highest BCUT2D eigenvalue weighted by Crippen LogP contribution is 2.16. The number of nitrogens with one attached hydrogen (secondary N) is 2. The van der Waals surface area contributed by atoms with Crippen LogP contribution in [0.4, 0.5) is 4.79 Å².